The number of nitrogens with one attached hydrogen (secondary N) is 1. The maximum Gasteiger partial charge on any atom is 0.338 e. The van der Waals surface area contributed by atoms with E-state index in [4.69, 9.17) is 21.1 Å². The summed E-state index contributed by atoms with van der Waals surface area (Å²) >= 11 is 6.12. The average molecular weight is 455 g/mol. The second-order valence-corrected chi connectivity index (χ2v) is 8.61. The molecule has 2 rings (SSSR count). The normalized spacial score (nSPS) is 12.0. The summed E-state index contributed by atoms with van der Waals surface area (Å²) in [7, 11) is -2.38. The van der Waals surface area contributed by atoms with Crippen molar-refractivity contribution in [3.63, 3.8) is 0 Å². The smallest absolute Gasteiger partial charge is 0.338 e. The van der Waals surface area contributed by atoms with Gasteiger partial charge in [-0.05, 0) is 50.2 Å². The van der Waals surface area contributed by atoms with E-state index in [2.05, 4.69) is 5.32 Å². The molecule has 0 spiro atoms. The lowest BCUT2D eigenvalue weighted by molar-refractivity contribution is -0.116. The Hall–Kier alpha value is -2.78. The predicted molar refractivity (Wildman–Crippen MR) is 116 cm³/mol. The Labute approximate surface area is 180 Å². The number of hydrogen-bond acceptors (Lipinski definition) is 6. The molecule has 1 atom stereocenters. The van der Waals surface area contributed by atoms with Crippen LogP contribution in [0, 0.1) is 0 Å². The zero-order valence-electron chi connectivity index (χ0n) is 17.0. The van der Waals surface area contributed by atoms with Gasteiger partial charge in [0.2, 0.25) is 15.9 Å². The minimum absolute atomic E-state index is 0.207. The molecular formula is C20H23ClN2O6S. The number of sulfonamides is 1. The van der Waals surface area contributed by atoms with Crippen molar-refractivity contribution in [1.82, 2.24) is 0 Å². The third-order valence-corrected chi connectivity index (χ3v) is 5.66. The fraction of sp³-hybridized carbons (Fsp3) is 0.300. The van der Waals surface area contributed by atoms with Crippen LogP contribution in [0.25, 0.3) is 0 Å². The summed E-state index contributed by atoms with van der Waals surface area (Å²) in [6.45, 7) is 3.36. The number of esters is 1. The maximum absolute atomic E-state index is 12.8. The van der Waals surface area contributed by atoms with Crippen molar-refractivity contribution < 1.29 is 27.5 Å². The van der Waals surface area contributed by atoms with E-state index in [1.165, 1.54) is 38.3 Å². The predicted octanol–water partition coefficient (Wildman–Crippen LogP) is 3.32. The molecule has 1 amide bonds. The Morgan fingerprint density at radius 3 is 2.47 bits per heavy atom. The molecule has 0 unspecified atom stereocenters. The molecule has 8 nitrogen and oxygen atoms in total. The van der Waals surface area contributed by atoms with Crippen molar-refractivity contribution in [2.75, 3.05) is 29.6 Å². The lowest BCUT2D eigenvalue weighted by Gasteiger charge is -2.28. The van der Waals surface area contributed by atoms with Crippen molar-refractivity contribution in [3.05, 3.63) is 53.1 Å². The number of methoxy groups -OCH3 is 1. The van der Waals surface area contributed by atoms with Gasteiger partial charge in [0.15, 0.2) is 0 Å². The molecule has 0 saturated carbocycles. The van der Waals surface area contributed by atoms with Crippen LogP contribution in [0.2, 0.25) is 5.02 Å². The van der Waals surface area contributed by atoms with Gasteiger partial charge in [-0.3, -0.25) is 9.10 Å². The first-order chi connectivity index (χ1) is 14.1. The van der Waals surface area contributed by atoms with Gasteiger partial charge in [-0.25, -0.2) is 13.2 Å². The van der Waals surface area contributed by atoms with Crippen LogP contribution in [0.15, 0.2) is 42.5 Å². The highest BCUT2D eigenvalue weighted by atomic mass is 35.5. The number of benzene rings is 2. The summed E-state index contributed by atoms with van der Waals surface area (Å²) in [6, 6.07) is 9.51. The Bertz CT molecular complexity index is 1040. The highest BCUT2D eigenvalue weighted by Crippen LogP contribution is 2.31. The van der Waals surface area contributed by atoms with E-state index in [1.807, 2.05) is 0 Å². The van der Waals surface area contributed by atoms with Crippen LogP contribution < -0.4 is 14.4 Å². The van der Waals surface area contributed by atoms with Gasteiger partial charge < -0.3 is 14.8 Å². The second kappa shape index (κ2) is 9.82. The van der Waals surface area contributed by atoms with Crippen LogP contribution in [0.5, 0.6) is 5.75 Å². The minimum Gasteiger partial charge on any atom is -0.495 e. The van der Waals surface area contributed by atoms with E-state index in [9.17, 15) is 18.0 Å². The van der Waals surface area contributed by atoms with Crippen LogP contribution in [-0.4, -0.2) is 46.3 Å². The molecular weight excluding hydrogens is 432 g/mol. The second-order valence-electron chi connectivity index (χ2n) is 6.34. The molecule has 0 saturated heterocycles. The molecule has 0 heterocycles. The molecule has 0 aliphatic heterocycles. The van der Waals surface area contributed by atoms with E-state index in [0.717, 1.165) is 10.6 Å². The van der Waals surface area contributed by atoms with E-state index in [1.54, 1.807) is 25.1 Å². The molecule has 30 heavy (non-hydrogen) atoms. The number of anilines is 2. The van der Waals surface area contributed by atoms with Gasteiger partial charge in [0.25, 0.3) is 0 Å². The fourth-order valence-corrected chi connectivity index (χ4v) is 4.20. The number of halogens is 1. The zero-order valence-corrected chi connectivity index (χ0v) is 18.6. The van der Waals surface area contributed by atoms with Crippen LogP contribution in [0.4, 0.5) is 11.4 Å². The zero-order chi connectivity index (χ0) is 22.5. The van der Waals surface area contributed by atoms with E-state index in [0.29, 0.717) is 11.4 Å². The summed E-state index contributed by atoms with van der Waals surface area (Å²) in [5, 5.41) is 2.83. The third-order valence-electron chi connectivity index (χ3n) is 4.12. The first-order valence-electron chi connectivity index (χ1n) is 8.99. The van der Waals surface area contributed by atoms with Crippen molar-refractivity contribution in [3.8, 4) is 5.75 Å². The molecule has 0 aliphatic carbocycles. The van der Waals surface area contributed by atoms with Crippen molar-refractivity contribution in [1.29, 1.82) is 0 Å². The number of hydrogen-bond donors (Lipinski definition) is 1. The Kier molecular flexibility index (Phi) is 7.69. The summed E-state index contributed by atoms with van der Waals surface area (Å²) in [6.07, 6.45) is 0.996. The fourth-order valence-electron chi connectivity index (χ4n) is 2.79. The Balaban J connectivity index is 2.30. The number of ether oxygens (including phenoxy) is 2. The Morgan fingerprint density at radius 2 is 1.90 bits per heavy atom. The van der Waals surface area contributed by atoms with E-state index in [-0.39, 0.29) is 22.9 Å². The van der Waals surface area contributed by atoms with Crippen molar-refractivity contribution in [2.24, 2.45) is 0 Å². The molecule has 0 aromatic heterocycles. The number of nitrogens with zero attached hydrogens (tertiary/aromatic N) is 1. The molecule has 2 aromatic carbocycles. The van der Waals surface area contributed by atoms with Gasteiger partial charge in [0.1, 0.15) is 11.8 Å². The summed E-state index contributed by atoms with van der Waals surface area (Å²) < 4.78 is 35.8. The molecule has 0 aliphatic rings. The van der Waals surface area contributed by atoms with Crippen LogP contribution >= 0.6 is 11.6 Å². The highest BCUT2D eigenvalue weighted by molar-refractivity contribution is 7.92. The topological polar surface area (TPSA) is 102 Å². The SMILES string of the molecule is CCOC(=O)c1cccc(NC(=O)[C@H](C)N(c2ccc(OC)c(Cl)c2)S(C)(=O)=O)c1. The monoisotopic (exact) mass is 454 g/mol. The molecule has 0 radical (unpaired) electrons. The first kappa shape index (κ1) is 23.5. The summed E-state index contributed by atoms with van der Waals surface area (Å²) in [5.74, 6) is -0.734. The van der Waals surface area contributed by atoms with Crippen molar-refractivity contribution >= 4 is 44.9 Å². The van der Waals surface area contributed by atoms with Crippen LogP contribution in [0.1, 0.15) is 24.2 Å². The molecule has 10 heteroatoms. The van der Waals surface area contributed by atoms with Crippen LogP contribution in [-0.2, 0) is 19.6 Å². The Morgan fingerprint density at radius 1 is 1.20 bits per heavy atom. The van der Waals surface area contributed by atoms with Gasteiger partial charge in [-0.15, -0.1) is 0 Å². The number of carbonyl (C=O) groups excluding carboxylic acids is 2. The van der Waals surface area contributed by atoms with Gasteiger partial charge in [0, 0.05) is 5.69 Å². The molecule has 1 N–H and O–H groups in total. The van der Waals surface area contributed by atoms with Gasteiger partial charge in [-0.2, -0.15) is 0 Å². The van der Waals surface area contributed by atoms with Crippen LogP contribution in [0.3, 0.4) is 0 Å². The quantitative estimate of drug-likeness (QED) is 0.614. The molecule has 2 aromatic rings. The average Bonchev–Trinajstić information content (AvgIpc) is 2.67. The van der Waals surface area contributed by atoms with Gasteiger partial charge >= 0.3 is 5.97 Å². The summed E-state index contributed by atoms with van der Waals surface area (Å²) in [4.78, 5) is 24.7. The standard InChI is InChI=1S/C20H23ClN2O6S/c1-5-29-20(25)14-7-6-8-15(11-14)22-19(24)13(2)23(30(4,26)27)16-9-10-18(28-3)17(21)12-16/h6-13H,5H2,1-4H3,(H,22,24)/t13-/m0/s1. The number of carbonyl (C=O) groups is 2. The highest BCUT2D eigenvalue weighted by Gasteiger charge is 2.29. The molecule has 162 valence electrons. The number of amides is 1. The third kappa shape index (κ3) is 5.64. The lowest BCUT2D eigenvalue weighted by atomic mass is 10.2. The first-order valence-corrected chi connectivity index (χ1v) is 11.2. The minimum atomic E-state index is -3.82. The molecule has 0 bridgehead atoms. The largest absolute Gasteiger partial charge is 0.495 e. The summed E-state index contributed by atoms with van der Waals surface area (Å²) in [5.41, 5.74) is 0.814. The van der Waals surface area contributed by atoms with Gasteiger partial charge in [-0.1, -0.05) is 17.7 Å². The van der Waals surface area contributed by atoms with E-state index >= 15 is 0 Å². The number of rotatable bonds is 8. The maximum atomic E-state index is 12.8. The van der Waals surface area contributed by atoms with Crippen molar-refractivity contribution in [2.45, 2.75) is 19.9 Å². The lowest BCUT2D eigenvalue weighted by Crippen LogP contribution is -2.45. The van der Waals surface area contributed by atoms with Gasteiger partial charge in [0.05, 0.1) is 36.2 Å². The van der Waals surface area contributed by atoms with E-state index < -0.39 is 27.9 Å². The molecule has 0 fully saturated rings.